The molecule has 0 saturated heterocycles. The van der Waals surface area contributed by atoms with Crippen molar-refractivity contribution >= 4 is 28.1 Å². The summed E-state index contributed by atoms with van der Waals surface area (Å²) in [6.07, 6.45) is 3.35. The topological polar surface area (TPSA) is 69.9 Å². The summed E-state index contributed by atoms with van der Waals surface area (Å²) in [6.45, 7) is 8.38. The minimum atomic E-state index is -0.276. The van der Waals surface area contributed by atoms with Crippen LogP contribution in [0.15, 0.2) is 65.3 Å². The van der Waals surface area contributed by atoms with Crippen LogP contribution in [0.5, 0.6) is 17.2 Å². The Morgan fingerprint density at radius 3 is 2.44 bits per heavy atom. The fourth-order valence-electron chi connectivity index (χ4n) is 4.24. The minimum Gasteiger partial charge on any atom is -0.497 e. The Morgan fingerprint density at radius 1 is 1.03 bits per heavy atom. The molecule has 1 amide bonds. The number of hydrogen-bond acceptors (Lipinski definition) is 5. The molecule has 0 aliphatic carbocycles. The molecular formula is C30H31NO5. The Labute approximate surface area is 211 Å². The summed E-state index contributed by atoms with van der Waals surface area (Å²) in [6, 6.07) is 15.6. The Bertz CT molecular complexity index is 1430. The number of allylic oxidation sites excluding steroid dienone is 1. The zero-order valence-electron chi connectivity index (χ0n) is 21.5. The number of aryl methyl sites for hydroxylation is 2. The van der Waals surface area contributed by atoms with Crippen molar-refractivity contribution in [3.8, 4) is 28.4 Å². The highest BCUT2D eigenvalue weighted by Crippen LogP contribution is 2.41. The third kappa shape index (κ3) is 4.93. The van der Waals surface area contributed by atoms with Crippen LogP contribution in [0.25, 0.3) is 27.7 Å². The fraction of sp³-hybridized carbons (Fsp3) is 0.233. The Morgan fingerprint density at radius 2 is 1.78 bits per heavy atom. The van der Waals surface area contributed by atoms with Crippen molar-refractivity contribution in [2.24, 2.45) is 0 Å². The van der Waals surface area contributed by atoms with Gasteiger partial charge in [0.2, 0.25) is 5.91 Å². The van der Waals surface area contributed by atoms with Crippen LogP contribution in [0.1, 0.15) is 30.5 Å². The van der Waals surface area contributed by atoms with Crippen molar-refractivity contribution < 1.29 is 23.4 Å². The maximum Gasteiger partial charge on any atom is 0.248 e. The van der Waals surface area contributed by atoms with Crippen molar-refractivity contribution in [3.63, 3.8) is 0 Å². The molecule has 0 unspecified atom stereocenters. The monoisotopic (exact) mass is 485 g/mol. The Balaban J connectivity index is 1.75. The number of ether oxygens (including phenoxy) is 3. The summed E-state index contributed by atoms with van der Waals surface area (Å²) >= 11 is 0. The van der Waals surface area contributed by atoms with Gasteiger partial charge in [0.1, 0.15) is 22.8 Å². The van der Waals surface area contributed by atoms with E-state index in [4.69, 9.17) is 18.6 Å². The maximum atomic E-state index is 13.0. The molecule has 3 aromatic carbocycles. The number of nitrogens with one attached hydrogen (secondary N) is 1. The molecule has 0 radical (unpaired) electrons. The standard InChI is InChI=1S/C30H31NO5/c1-7-35-29-20(4)30-24(25(17-36-30)21-10-8-18(2)9-11-21)16-23(29)19(3)14-28(32)31-26-13-12-22(33-5)15-27(26)34-6/h8-17H,7H2,1-6H3,(H,31,32)/b19-14+. The van der Waals surface area contributed by atoms with E-state index in [1.54, 1.807) is 44.8 Å². The first kappa shape index (κ1) is 24.9. The molecule has 0 aliphatic heterocycles. The van der Waals surface area contributed by atoms with Gasteiger partial charge in [0, 0.05) is 34.2 Å². The van der Waals surface area contributed by atoms with Gasteiger partial charge in [0.15, 0.2) is 0 Å². The second-order valence-corrected chi connectivity index (χ2v) is 8.59. The van der Waals surface area contributed by atoms with E-state index in [1.807, 2.05) is 26.8 Å². The molecule has 1 aromatic heterocycles. The molecule has 0 fully saturated rings. The molecule has 0 spiro atoms. The molecule has 0 bridgehead atoms. The van der Waals surface area contributed by atoms with Gasteiger partial charge < -0.3 is 23.9 Å². The zero-order chi connectivity index (χ0) is 25.8. The summed E-state index contributed by atoms with van der Waals surface area (Å²) in [7, 11) is 3.13. The van der Waals surface area contributed by atoms with Crippen LogP contribution in [0.4, 0.5) is 5.69 Å². The third-order valence-corrected chi connectivity index (χ3v) is 6.13. The molecule has 0 aliphatic rings. The van der Waals surface area contributed by atoms with E-state index in [9.17, 15) is 4.79 Å². The number of methoxy groups -OCH3 is 2. The molecular weight excluding hydrogens is 454 g/mol. The van der Waals surface area contributed by atoms with Gasteiger partial charge in [-0.1, -0.05) is 29.8 Å². The smallest absolute Gasteiger partial charge is 0.248 e. The summed E-state index contributed by atoms with van der Waals surface area (Å²) in [5.74, 6) is 1.59. The fourth-order valence-corrected chi connectivity index (χ4v) is 4.24. The Kier molecular flexibility index (Phi) is 7.34. The summed E-state index contributed by atoms with van der Waals surface area (Å²) < 4.78 is 22.6. The summed E-state index contributed by atoms with van der Waals surface area (Å²) in [5.41, 5.74) is 7.10. The third-order valence-electron chi connectivity index (χ3n) is 6.13. The van der Waals surface area contributed by atoms with Crippen molar-refractivity contribution in [1.82, 2.24) is 0 Å². The van der Waals surface area contributed by atoms with Crippen molar-refractivity contribution in [3.05, 3.63) is 77.6 Å². The van der Waals surface area contributed by atoms with E-state index < -0.39 is 0 Å². The van der Waals surface area contributed by atoms with Crippen LogP contribution in [-0.2, 0) is 4.79 Å². The van der Waals surface area contributed by atoms with Crippen LogP contribution in [-0.4, -0.2) is 26.7 Å². The van der Waals surface area contributed by atoms with Crippen LogP contribution < -0.4 is 19.5 Å². The first-order valence-electron chi connectivity index (χ1n) is 11.8. The van der Waals surface area contributed by atoms with E-state index in [1.165, 1.54) is 5.56 Å². The number of benzene rings is 3. The van der Waals surface area contributed by atoms with Gasteiger partial charge in [0.25, 0.3) is 0 Å². The lowest BCUT2D eigenvalue weighted by atomic mass is 9.96. The molecule has 6 nitrogen and oxygen atoms in total. The number of carbonyl (C=O) groups is 1. The molecule has 6 heteroatoms. The van der Waals surface area contributed by atoms with E-state index >= 15 is 0 Å². The van der Waals surface area contributed by atoms with Crippen molar-refractivity contribution in [2.45, 2.75) is 27.7 Å². The quantitative estimate of drug-likeness (QED) is 0.268. The van der Waals surface area contributed by atoms with Gasteiger partial charge in [-0.3, -0.25) is 4.79 Å². The number of rotatable bonds is 8. The van der Waals surface area contributed by atoms with Crippen LogP contribution in [0.3, 0.4) is 0 Å². The summed E-state index contributed by atoms with van der Waals surface area (Å²) in [5, 5.41) is 3.87. The zero-order valence-corrected chi connectivity index (χ0v) is 21.5. The second kappa shape index (κ2) is 10.6. The van der Waals surface area contributed by atoms with Gasteiger partial charge in [-0.25, -0.2) is 0 Å². The van der Waals surface area contributed by atoms with Gasteiger partial charge in [-0.15, -0.1) is 0 Å². The lowest BCUT2D eigenvalue weighted by Gasteiger charge is -2.15. The largest absolute Gasteiger partial charge is 0.497 e. The molecule has 0 atom stereocenters. The lowest BCUT2D eigenvalue weighted by molar-refractivity contribution is -0.111. The molecule has 186 valence electrons. The normalized spacial score (nSPS) is 11.4. The van der Waals surface area contributed by atoms with Crippen LogP contribution >= 0.6 is 0 Å². The Hall–Kier alpha value is -4.19. The van der Waals surface area contributed by atoms with E-state index in [2.05, 4.69) is 36.5 Å². The average Bonchev–Trinajstić information content (AvgIpc) is 3.30. The molecule has 1 heterocycles. The van der Waals surface area contributed by atoms with Crippen LogP contribution in [0, 0.1) is 13.8 Å². The summed E-state index contributed by atoms with van der Waals surface area (Å²) in [4.78, 5) is 13.0. The minimum absolute atomic E-state index is 0.276. The van der Waals surface area contributed by atoms with E-state index in [0.717, 1.165) is 38.8 Å². The van der Waals surface area contributed by atoms with Gasteiger partial charge in [-0.05, 0) is 57.0 Å². The highest BCUT2D eigenvalue weighted by atomic mass is 16.5. The first-order chi connectivity index (χ1) is 17.4. The number of fused-ring (bicyclic) bond motifs is 1. The predicted molar refractivity (Wildman–Crippen MR) is 144 cm³/mol. The SMILES string of the molecule is CCOc1c(/C(C)=C/C(=O)Nc2ccc(OC)cc2OC)cc2c(-c3ccc(C)cc3)coc2c1C. The highest BCUT2D eigenvalue weighted by Gasteiger charge is 2.19. The van der Waals surface area contributed by atoms with Gasteiger partial charge in [-0.2, -0.15) is 0 Å². The van der Waals surface area contributed by atoms with Crippen molar-refractivity contribution in [1.29, 1.82) is 0 Å². The molecule has 0 saturated carbocycles. The van der Waals surface area contributed by atoms with Crippen molar-refractivity contribution in [2.75, 3.05) is 26.1 Å². The van der Waals surface area contributed by atoms with E-state index in [0.29, 0.717) is 29.5 Å². The van der Waals surface area contributed by atoms with Crippen LogP contribution in [0.2, 0.25) is 0 Å². The number of anilines is 1. The van der Waals surface area contributed by atoms with E-state index in [-0.39, 0.29) is 5.91 Å². The van der Waals surface area contributed by atoms with Gasteiger partial charge >= 0.3 is 0 Å². The molecule has 36 heavy (non-hydrogen) atoms. The number of hydrogen-bond donors (Lipinski definition) is 1. The number of furan rings is 1. The predicted octanol–water partition coefficient (Wildman–Crippen LogP) is 7.17. The maximum absolute atomic E-state index is 13.0. The first-order valence-corrected chi connectivity index (χ1v) is 11.8. The average molecular weight is 486 g/mol. The number of carbonyl (C=O) groups excluding carboxylic acids is 1. The number of amides is 1. The molecule has 4 rings (SSSR count). The highest BCUT2D eigenvalue weighted by molar-refractivity contribution is 6.06. The van der Waals surface area contributed by atoms with Gasteiger partial charge in [0.05, 0.1) is 32.8 Å². The molecule has 1 N–H and O–H groups in total. The molecule has 4 aromatic rings. The second-order valence-electron chi connectivity index (χ2n) is 8.59. The lowest BCUT2D eigenvalue weighted by Crippen LogP contribution is -2.10.